The Bertz CT molecular complexity index is 692. The van der Waals surface area contributed by atoms with Crippen LogP contribution < -0.4 is 0 Å². The number of aromatic nitrogens is 2. The lowest BCUT2D eigenvalue weighted by molar-refractivity contribution is 0.0526. The lowest BCUT2D eigenvalue weighted by atomic mass is 10.2. The zero-order valence-corrected chi connectivity index (χ0v) is 12.2. The summed E-state index contributed by atoms with van der Waals surface area (Å²) in [7, 11) is 0. The molecule has 1 N–H and O–H groups in total. The third-order valence-corrected chi connectivity index (χ3v) is 3.19. The molecule has 7 heteroatoms. The van der Waals surface area contributed by atoms with E-state index < -0.39 is 11.9 Å². The Hall–Kier alpha value is -2.34. The Kier molecular flexibility index (Phi) is 4.28. The van der Waals surface area contributed by atoms with Gasteiger partial charge in [0, 0.05) is 0 Å². The van der Waals surface area contributed by atoms with Crippen molar-refractivity contribution < 1.29 is 19.4 Å². The van der Waals surface area contributed by atoms with Crippen LogP contribution in [0, 0.1) is 6.92 Å². The summed E-state index contributed by atoms with van der Waals surface area (Å²) in [6.45, 7) is 3.59. The summed E-state index contributed by atoms with van der Waals surface area (Å²) in [6, 6.07) is 6.38. The minimum Gasteiger partial charge on any atom is -0.478 e. The van der Waals surface area contributed by atoms with E-state index in [1.807, 2.05) is 0 Å². The minimum atomic E-state index is -1.13. The zero-order valence-electron chi connectivity index (χ0n) is 11.5. The van der Waals surface area contributed by atoms with E-state index in [9.17, 15) is 9.59 Å². The Labute approximate surface area is 125 Å². The van der Waals surface area contributed by atoms with E-state index in [1.165, 1.54) is 4.68 Å². The number of esters is 1. The highest BCUT2D eigenvalue weighted by Crippen LogP contribution is 2.23. The summed E-state index contributed by atoms with van der Waals surface area (Å²) in [5.41, 5.74) is 1.25. The second-order valence-electron chi connectivity index (χ2n) is 4.24. The molecule has 0 atom stereocenters. The van der Waals surface area contributed by atoms with Gasteiger partial charge in [0.1, 0.15) is 10.7 Å². The van der Waals surface area contributed by atoms with Gasteiger partial charge in [-0.2, -0.15) is 5.10 Å². The number of aromatic carboxylic acids is 1. The molecule has 0 amide bonds. The van der Waals surface area contributed by atoms with Gasteiger partial charge >= 0.3 is 11.9 Å². The molecule has 0 saturated heterocycles. The van der Waals surface area contributed by atoms with Crippen molar-refractivity contribution in [1.82, 2.24) is 9.78 Å². The average molecular weight is 309 g/mol. The fraction of sp³-hybridized carbons (Fsp3) is 0.214. The SMILES string of the molecule is CCOC(=O)c1ccc(-n2nc(C)c(C(=O)O)c2Cl)cc1. The van der Waals surface area contributed by atoms with Crippen molar-refractivity contribution in [3.8, 4) is 5.69 Å². The molecule has 0 saturated carbocycles. The summed E-state index contributed by atoms with van der Waals surface area (Å²) < 4.78 is 6.20. The van der Waals surface area contributed by atoms with Crippen LogP contribution >= 0.6 is 11.6 Å². The lowest BCUT2D eigenvalue weighted by Gasteiger charge is -2.05. The van der Waals surface area contributed by atoms with Crippen LogP contribution in [-0.4, -0.2) is 33.4 Å². The van der Waals surface area contributed by atoms with E-state index in [0.717, 1.165) is 0 Å². The molecule has 0 spiro atoms. The molecule has 0 bridgehead atoms. The number of ether oxygens (including phenoxy) is 1. The molecule has 1 aromatic heterocycles. The molecule has 0 aliphatic rings. The summed E-state index contributed by atoms with van der Waals surface area (Å²) in [5, 5.41) is 13.2. The van der Waals surface area contributed by atoms with Crippen molar-refractivity contribution in [2.75, 3.05) is 6.61 Å². The lowest BCUT2D eigenvalue weighted by Crippen LogP contribution is -2.05. The molecular formula is C14H13ClN2O4. The number of hydrogen-bond acceptors (Lipinski definition) is 4. The number of halogens is 1. The quantitative estimate of drug-likeness (QED) is 0.878. The van der Waals surface area contributed by atoms with E-state index in [2.05, 4.69) is 5.10 Å². The van der Waals surface area contributed by atoms with Crippen LogP contribution in [-0.2, 0) is 4.74 Å². The Morgan fingerprint density at radius 2 is 1.95 bits per heavy atom. The van der Waals surface area contributed by atoms with Gasteiger partial charge in [0.15, 0.2) is 0 Å². The van der Waals surface area contributed by atoms with Gasteiger partial charge in [0.05, 0.1) is 23.6 Å². The van der Waals surface area contributed by atoms with Gasteiger partial charge in [0.25, 0.3) is 0 Å². The Balaban J connectivity index is 2.38. The highest BCUT2D eigenvalue weighted by molar-refractivity contribution is 6.32. The molecule has 21 heavy (non-hydrogen) atoms. The van der Waals surface area contributed by atoms with Gasteiger partial charge in [-0.3, -0.25) is 0 Å². The minimum absolute atomic E-state index is 0.0175. The maximum atomic E-state index is 11.6. The zero-order chi connectivity index (χ0) is 15.6. The van der Waals surface area contributed by atoms with Gasteiger partial charge < -0.3 is 9.84 Å². The Morgan fingerprint density at radius 1 is 1.33 bits per heavy atom. The van der Waals surface area contributed by atoms with E-state index in [-0.39, 0.29) is 10.7 Å². The fourth-order valence-corrected chi connectivity index (χ4v) is 2.22. The van der Waals surface area contributed by atoms with Gasteiger partial charge in [-0.1, -0.05) is 11.6 Å². The first-order valence-corrected chi connectivity index (χ1v) is 6.59. The molecule has 2 aromatic rings. The summed E-state index contributed by atoms with van der Waals surface area (Å²) >= 11 is 6.04. The molecule has 1 heterocycles. The normalized spacial score (nSPS) is 10.4. The molecule has 0 fully saturated rings. The van der Waals surface area contributed by atoms with E-state index >= 15 is 0 Å². The number of carboxylic acid groups (broad SMARTS) is 1. The van der Waals surface area contributed by atoms with Crippen LogP contribution in [0.3, 0.4) is 0 Å². The van der Waals surface area contributed by atoms with Crippen LogP contribution in [0.25, 0.3) is 5.69 Å². The number of hydrogen-bond donors (Lipinski definition) is 1. The predicted octanol–water partition coefficient (Wildman–Crippen LogP) is 2.71. The maximum absolute atomic E-state index is 11.6. The number of carboxylic acids is 1. The van der Waals surface area contributed by atoms with Gasteiger partial charge in [-0.05, 0) is 38.1 Å². The van der Waals surface area contributed by atoms with E-state index in [4.69, 9.17) is 21.4 Å². The second-order valence-corrected chi connectivity index (χ2v) is 4.59. The molecule has 110 valence electrons. The van der Waals surface area contributed by atoms with Crippen molar-refractivity contribution in [3.63, 3.8) is 0 Å². The van der Waals surface area contributed by atoms with E-state index in [0.29, 0.717) is 23.6 Å². The number of carbonyl (C=O) groups excluding carboxylic acids is 1. The summed E-state index contributed by atoms with van der Waals surface area (Å²) in [6.07, 6.45) is 0. The molecule has 0 unspecified atom stereocenters. The van der Waals surface area contributed by atoms with Crippen molar-refractivity contribution in [2.45, 2.75) is 13.8 Å². The highest BCUT2D eigenvalue weighted by atomic mass is 35.5. The maximum Gasteiger partial charge on any atom is 0.340 e. The standard InChI is InChI=1S/C14H13ClN2O4/c1-3-21-14(20)9-4-6-10(7-5-9)17-12(15)11(13(18)19)8(2)16-17/h4-7H,3H2,1-2H3,(H,18,19). The molecular weight excluding hydrogens is 296 g/mol. The molecule has 0 aliphatic heterocycles. The van der Waals surface area contributed by atoms with E-state index in [1.54, 1.807) is 38.1 Å². The van der Waals surface area contributed by atoms with Crippen LogP contribution in [0.4, 0.5) is 0 Å². The first kappa shape index (κ1) is 15.1. The predicted molar refractivity (Wildman–Crippen MR) is 76.2 cm³/mol. The summed E-state index contributed by atoms with van der Waals surface area (Å²) in [5.74, 6) is -1.55. The smallest absolute Gasteiger partial charge is 0.340 e. The first-order valence-electron chi connectivity index (χ1n) is 6.21. The fourth-order valence-electron chi connectivity index (χ4n) is 1.87. The molecule has 1 aromatic carbocycles. The highest BCUT2D eigenvalue weighted by Gasteiger charge is 2.20. The number of nitrogens with zero attached hydrogens (tertiary/aromatic N) is 2. The van der Waals surface area contributed by atoms with Crippen LogP contribution in [0.1, 0.15) is 33.3 Å². The number of aryl methyl sites for hydroxylation is 1. The first-order chi connectivity index (χ1) is 9.95. The number of rotatable bonds is 4. The average Bonchev–Trinajstić information content (AvgIpc) is 2.74. The summed E-state index contributed by atoms with van der Waals surface area (Å²) in [4.78, 5) is 22.7. The van der Waals surface area contributed by atoms with Gasteiger partial charge in [-0.15, -0.1) is 0 Å². The Morgan fingerprint density at radius 3 is 2.43 bits per heavy atom. The number of carbonyl (C=O) groups is 2. The van der Waals surface area contributed by atoms with Crippen molar-refractivity contribution >= 4 is 23.5 Å². The van der Waals surface area contributed by atoms with Crippen LogP contribution in [0.15, 0.2) is 24.3 Å². The largest absolute Gasteiger partial charge is 0.478 e. The molecule has 0 aliphatic carbocycles. The van der Waals surface area contributed by atoms with Crippen molar-refractivity contribution in [1.29, 1.82) is 0 Å². The molecule has 0 radical (unpaired) electrons. The van der Waals surface area contributed by atoms with Crippen LogP contribution in [0.5, 0.6) is 0 Å². The third-order valence-electron chi connectivity index (χ3n) is 2.84. The molecule has 2 rings (SSSR count). The monoisotopic (exact) mass is 308 g/mol. The van der Waals surface area contributed by atoms with Crippen molar-refractivity contribution in [2.24, 2.45) is 0 Å². The van der Waals surface area contributed by atoms with Gasteiger partial charge in [0.2, 0.25) is 0 Å². The number of benzene rings is 1. The second kappa shape index (κ2) is 5.97. The molecule has 6 nitrogen and oxygen atoms in total. The van der Waals surface area contributed by atoms with Crippen molar-refractivity contribution in [3.05, 3.63) is 46.2 Å². The van der Waals surface area contributed by atoms with Crippen LogP contribution in [0.2, 0.25) is 5.15 Å². The van der Waals surface area contributed by atoms with Gasteiger partial charge in [-0.25, -0.2) is 14.3 Å². The topological polar surface area (TPSA) is 81.4 Å². The third kappa shape index (κ3) is 2.90.